The Morgan fingerprint density at radius 3 is 2.85 bits per heavy atom. The van der Waals surface area contributed by atoms with Crippen molar-refractivity contribution in [3.8, 4) is 0 Å². The molecule has 0 amide bonds. The van der Waals surface area contributed by atoms with E-state index in [1.807, 2.05) is 0 Å². The van der Waals surface area contributed by atoms with E-state index in [4.69, 9.17) is 4.52 Å². The fourth-order valence-corrected chi connectivity index (χ4v) is 3.06. The Balaban J connectivity index is 1.92. The van der Waals surface area contributed by atoms with Gasteiger partial charge in [0, 0.05) is 31.2 Å². The van der Waals surface area contributed by atoms with E-state index in [1.54, 1.807) is 0 Å². The van der Waals surface area contributed by atoms with E-state index < -0.39 is 0 Å². The summed E-state index contributed by atoms with van der Waals surface area (Å²) >= 11 is 0. The fraction of sp³-hybridized carbons (Fsp3) is 0.812. The highest BCUT2D eigenvalue weighted by molar-refractivity contribution is 5.05. The van der Waals surface area contributed by atoms with Crippen molar-refractivity contribution in [1.82, 2.24) is 15.4 Å². The molecule has 0 bridgehead atoms. The van der Waals surface area contributed by atoms with Crippen molar-refractivity contribution in [2.75, 3.05) is 6.54 Å². The molecule has 0 radical (unpaired) electrons. The number of piperidine rings is 1. The molecule has 0 saturated carbocycles. The second-order valence-corrected chi connectivity index (χ2v) is 6.81. The van der Waals surface area contributed by atoms with Crippen LogP contribution < -0.4 is 5.32 Å². The molecule has 3 unspecified atom stereocenters. The summed E-state index contributed by atoms with van der Waals surface area (Å²) in [5.41, 5.74) is 0.999. The van der Waals surface area contributed by atoms with Gasteiger partial charge >= 0.3 is 0 Å². The summed E-state index contributed by atoms with van der Waals surface area (Å²) in [5.74, 6) is 2.51. The van der Waals surface area contributed by atoms with E-state index in [0.717, 1.165) is 42.9 Å². The molecule has 1 aliphatic rings. The van der Waals surface area contributed by atoms with Crippen LogP contribution in [-0.2, 0) is 13.1 Å². The summed E-state index contributed by atoms with van der Waals surface area (Å²) in [5, 5.41) is 7.52. The minimum absolute atomic E-state index is 0.471. The minimum Gasteiger partial charge on any atom is -0.360 e. The van der Waals surface area contributed by atoms with Crippen molar-refractivity contribution < 1.29 is 4.52 Å². The third-order valence-corrected chi connectivity index (χ3v) is 4.38. The van der Waals surface area contributed by atoms with Crippen molar-refractivity contribution >= 4 is 0 Å². The normalized spacial score (nSPS) is 28.2. The quantitative estimate of drug-likeness (QED) is 0.899. The summed E-state index contributed by atoms with van der Waals surface area (Å²) in [4.78, 5) is 2.53. The van der Waals surface area contributed by atoms with E-state index in [9.17, 15) is 0 Å². The van der Waals surface area contributed by atoms with Gasteiger partial charge in [0.15, 0.2) is 5.76 Å². The first-order chi connectivity index (χ1) is 9.45. The van der Waals surface area contributed by atoms with Crippen LogP contribution in [0.25, 0.3) is 0 Å². The molecular formula is C16H29N3O. The predicted octanol–water partition coefficient (Wildman–Crippen LogP) is 3.04. The van der Waals surface area contributed by atoms with Crippen LogP contribution in [-0.4, -0.2) is 28.7 Å². The zero-order chi connectivity index (χ0) is 14.7. The Kier molecular flexibility index (Phi) is 5.22. The van der Waals surface area contributed by atoms with E-state index in [0.29, 0.717) is 12.1 Å². The molecule has 1 aromatic rings. The van der Waals surface area contributed by atoms with Crippen molar-refractivity contribution in [2.24, 2.45) is 11.8 Å². The van der Waals surface area contributed by atoms with Crippen LogP contribution in [0.1, 0.15) is 52.5 Å². The first kappa shape index (κ1) is 15.5. The first-order valence-electron chi connectivity index (χ1n) is 7.87. The summed E-state index contributed by atoms with van der Waals surface area (Å²) in [6, 6.07) is 3.18. The standard InChI is InChI=1S/C16H29N3O/c1-11(2)17-8-15-7-16(20-18-15)10-19-9-12(3)6-13(4)14(19)5/h7,11-14,17H,6,8-10H2,1-5H3. The second-order valence-electron chi connectivity index (χ2n) is 6.81. The average molecular weight is 279 g/mol. The van der Waals surface area contributed by atoms with Crippen molar-refractivity contribution in [1.29, 1.82) is 0 Å². The van der Waals surface area contributed by atoms with E-state index in [1.165, 1.54) is 6.42 Å². The highest BCUT2D eigenvalue weighted by atomic mass is 16.5. The molecule has 0 aliphatic carbocycles. The second kappa shape index (κ2) is 6.72. The smallest absolute Gasteiger partial charge is 0.151 e. The van der Waals surface area contributed by atoms with E-state index >= 15 is 0 Å². The van der Waals surface area contributed by atoms with Gasteiger partial charge in [0.2, 0.25) is 0 Å². The fourth-order valence-electron chi connectivity index (χ4n) is 3.06. The van der Waals surface area contributed by atoms with Crippen LogP contribution in [0.5, 0.6) is 0 Å². The zero-order valence-electron chi connectivity index (χ0n) is 13.5. The zero-order valence-corrected chi connectivity index (χ0v) is 13.5. The predicted molar refractivity (Wildman–Crippen MR) is 81.3 cm³/mol. The molecule has 0 aromatic carbocycles. The summed E-state index contributed by atoms with van der Waals surface area (Å²) < 4.78 is 5.49. The van der Waals surface area contributed by atoms with E-state index in [-0.39, 0.29) is 0 Å². The minimum atomic E-state index is 0.471. The first-order valence-corrected chi connectivity index (χ1v) is 7.87. The summed E-state index contributed by atoms with van der Waals surface area (Å²) in [7, 11) is 0. The van der Waals surface area contributed by atoms with Crippen LogP contribution >= 0.6 is 0 Å². The SMILES string of the molecule is CC1CC(C)C(C)N(Cc2cc(CNC(C)C)no2)C1. The maximum Gasteiger partial charge on any atom is 0.151 e. The molecule has 4 heteroatoms. The maximum atomic E-state index is 5.49. The average Bonchev–Trinajstić information content (AvgIpc) is 2.80. The topological polar surface area (TPSA) is 41.3 Å². The molecule has 0 spiro atoms. The molecule has 4 nitrogen and oxygen atoms in total. The lowest BCUT2D eigenvalue weighted by Gasteiger charge is -2.40. The van der Waals surface area contributed by atoms with Gasteiger partial charge in [-0.15, -0.1) is 0 Å². The molecule has 1 fully saturated rings. The number of rotatable bonds is 5. The van der Waals surface area contributed by atoms with Crippen molar-refractivity contribution in [3.05, 3.63) is 17.5 Å². The van der Waals surface area contributed by atoms with Crippen LogP contribution in [0.15, 0.2) is 10.6 Å². The van der Waals surface area contributed by atoms with Gasteiger partial charge in [0.25, 0.3) is 0 Å². The lowest BCUT2D eigenvalue weighted by atomic mass is 9.86. The molecule has 20 heavy (non-hydrogen) atoms. The third-order valence-electron chi connectivity index (χ3n) is 4.38. The van der Waals surface area contributed by atoms with E-state index in [2.05, 4.69) is 56.1 Å². The highest BCUT2D eigenvalue weighted by Crippen LogP contribution is 2.28. The number of hydrogen-bond donors (Lipinski definition) is 1. The highest BCUT2D eigenvalue weighted by Gasteiger charge is 2.29. The molecule has 2 heterocycles. The Morgan fingerprint density at radius 1 is 1.40 bits per heavy atom. The van der Waals surface area contributed by atoms with Crippen molar-refractivity contribution in [2.45, 2.75) is 66.2 Å². The maximum absolute atomic E-state index is 5.49. The van der Waals surface area contributed by atoms with Gasteiger partial charge < -0.3 is 9.84 Å². The molecule has 1 aliphatic heterocycles. The Hall–Kier alpha value is -0.870. The molecular weight excluding hydrogens is 250 g/mol. The summed E-state index contributed by atoms with van der Waals surface area (Å²) in [6.45, 7) is 14.1. The number of hydrogen-bond acceptors (Lipinski definition) is 4. The number of aromatic nitrogens is 1. The number of nitrogens with one attached hydrogen (secondary N) is 1. The van der Waals surface area contributed by atoms with Crippen LogP contribution in [0.2, 0.25) is 0 Å². The number of nitrogens with zero attached hydrogens (tertiary/aromatic N) is 2. The molecule has 1 aromatic heterocycles. The van der Waals surface area contributed by atoms with Gasteiger partial charge in [0.1, 0.15) is 0 Å². The Labute approximate surface area is 122 Å². The lowest BCUT2D eigenvalue weighted by molar-refractivity contribution is 0.0649. The van der Waals surface area contributed by atoms with Gasteiger partial charge in [-0.1, -0.05) is 32.9 Å². The lowest BCUT2D eigenvalue weighted by Crippen LogP contribution is -2.45. The van der Waals surface area contributed by atoms with Crippen LogP contribution in [0.3, 0.4) is 0 Å². The Bertz CT molecular complexity index is 416. The van der Waals surface area contributed by atoms with Gasteiger partial charge in [-0.25, -0.2) is 0 Å². The van der Waals surface area contributed by atoms with Gasteiger partial charge in [0.05, 0.1) is 12.2 Å². The Morgan fingerprint density at radius 2 is 2.15 bits per heavy atom. The summed E-state index contributed by atoms with van der Waals surface area (Å²) in [6.07, 6.45) is 1.33. The molecule has 1 saturated heterocycles. The largest absolute Gasteiger partial charge is 0.360 e. The molecule has 3 atom stereocenters. The van der Waals surface area contributed by atoms with Gasteiger partial charge in [-0.2, -0.15) is 0 Å². The molecule has 114 valence electrons. The molecule has 1 N–H and O–H groups in total. The number of likely N-dealkylation sites (tertiary alicyclic amines) is 1. The van der Waals surface area contributed by atoms with Gasteiger partial charge in [-0.05, 0) is 25.2 Å². The third kappa shape index (κ3) is 4.06. The van der Waals surface area contributed by atoms with Crippen LogP contribution in [0.4, 0.5) is 0 Å². The van der Waals surface area contributed by atoms with Crippen LogP contribution in [0, 0.1) is 11.8 Å². The van der Waals surface area contributed by atoms with Crippen molar-refractivity contribution in [3.63, 3.8) is 0 Å². The monoisotopic (exact) mass is 279 g/mol. The molecule has 2 rings (SSSR count). The van der Waals surface area contributed by atoms with Gasteiger partial charge in [-0.3, -0.25) is 4.90 Å².